The van der Waals surface area contributed by atoms with Crippen molar-refractivity contribution in [2.45, 2.75) is 39.9 Å². The summed E-state index contributed by atoms with van der Waals surface area (Å²) in [5.41, 5.74) is 4.13. The average Bonchev–Trinajstić information content (AvgIpc) is 2.93. The van der Waals surface area contributed by atoms with E-state index in [9.17, 15) is 13.6 Å². The van der Waals surface area contributed by atoms with Crippen LogP contribution in [0.1, 0.15) is 41.0 Å². The number of amides is 2. The highest BCUT2D eigenvalue weighted by atomic mass is 19.1. The third-order valence-electron chi connectivity index (χ3n) is 4.91. The molecule has 0 aliphatic rings. The van der Waals surface area contributed by atoms with Gasteiger partial charge in [-0.05, 0) is 32.4 Å². The number of carbonyl (C=O) groups excluding carboxylic acids is 1. The first-order chi connectivity index (χ1) is 13.8. The van der Waals surface area contributed by atoms with Gasteiger partial charge in [-0.25, -0.2) is 13.6 Å². The molecule has 3 aromatic rings. The van der Waals surface area contributed by atoms with E-state index in [0.29, 0.717) is 13.1 Å². The number of hydrogen-bond donors (Lipinski definition) is 2. The lowest BCUT2D eigenvalue weighted by Crippen LogP contribution is -2.37. The van der Waals surface area contributed by atoms with E-state index in [1.807, 2.05) is 48.9 Å². The Morgan fingerprint density at radius 1 is 1.14 bits per heavy atom. The topological polar surface area (TPSA) is 59.0 Å². The SMILES string of the molecule is Cc1nn(Cc2ccccc2)c(C)c1CNC(=O)N[C@H](C)c1ccc(F)cc1F. The summed E-state index contributed by atoms with van der Waals surface area (Å²) in [6.45, 7) is 6.47. The Hall–Kier alpha value is -3.22. The first-order valence-electron chi connectivity index (χ1n) is 9.41. The zero-order valence-electron chi connectivity index (χ0n) is 16.7. The molecule has 0 aliphatic carbocycles. The molecular weight excluding hydrogens is 374 g/mol. The van der Waals surface area contributed by atoms with E-state index in [-0.39, 0.29) is 5.56 Å². The van der Waals surface area contributed by atoms with E-state index in [1.54, 1.807) is 6.92 Å². The zero-order valence-corrected chi connectivity index (χ0v) is 16.7. The molecule has 0 saturated carbocycles. The van der Waals surface area contributed by atoms with Gasteiger partial charge in [0.15, 0.2) is 0 Å². The fourth-order valence-corrected chi connectivity index (χ4v) is 3.25. The predicted octanol–water partition coefficient (Wildman–Crippen LogP) is 4.39. The fourth-order valence-electron chi connectivity index (χ4n) is 3.25. The molecule has 2 amide bonds. The standard InChI is InChI=1S/C22H24F2N4O/c1-14(19-10-9-18(23)11-21(19)24)26-22(29)25-12-20-15(2)27-28(16(20)3)13-17-7-5-4-6-8-17/h4-11,14H,12-13H2,1-3H3,(H2,25,26,29)/t14-/m1/s1. The molecule has 7 heteroatoms. The second-order valence-electron chi connectivity index (χ2n) is 7.01. The number of nitrogens with zero attached hydrogens (tertiary/aromatic N) is 2. The highest BCUT2D eigenvalue weighted by Gasteiger charge is 2.16. The Labute approximate surface area is 168 Å². The summed E-state index contributed by atoms with van der Waals surface area (Å²) in [6.07, 6.45) is 0. The third-order valence-corrected chi connectivity index (χ3v) is 4.91. The molecule has 3 rings (SSSR count). The monoisotopic (exact) mass is 398 g/mol. The number of hydrogen-bond acceptors (Lipinski definition) is 2. The number of urea groups is 1. The quantitative estimate of drug-likeness (QED) is 0.647. The van der Waals surface area contributed by atoms with Gasteiger partial charge in [0.1, 0.15) is 11.6 Å². The van der Waals surface area contributed by atoms with E-state index < -0.39 is 23.7 Å². The van der Waals surface area contributed by atoms with Crippen molar-refractivity contribution < 1.29 is 13.6 Å². The maximum atomic E-state index is 13.9. The van der Waals surface area contributed by atoms with Crippen molar-refractivity contribution in [1.82, 2.24) is 20.4 Å². The summed E-state index contributed by atoms with van der Waals surface area (Å²) in [5, 5.41) is 10.0. The highest BCUT2D eigenvalue weighted by Crippen LogP contribution is 2.18. The van der Waals surface area contributed by atoms with Crippen LogP contribution in [0.15, 0.2) is 48.5 Å². The van der Waals surface area contributed by atoms with Gasteiger partial charge in [0.2, 0.25) is 0 Å². The van der Waals surface area contributed by atoms with Crippen molar-refractivity contribution >= 4 is 6.03 Å². The van der Waals surface area contributed by atoms with Crippen LogP contribution in [0.5, 0.6) is 0 Å². The summed E-state index contributed by atoms with van der Waals surface area (Å²) in [4.78, 5) is 12.3. The van der Waals surface area contributed by atoms with Gasteiger partial charge in [-0.15, -0.1) is 0 Å². The summed E-state index contributed by atoms with van der Waals surface area (Å²) < 4.78 is 28.8. The largest absolute Gasteiger partial charge is 0.334 e. The van der Waals surface area contributed by atoms with Crippen molar-refractivity contribution in [2.75, 3.05) is 0 Å². The molecule has 0 radical (unpaired) electrons. The van der Waals surface area contributed by atoms with Crippen LogP contribution in [0.3, 0.4) is 0 Å². The lowest BCUT2D eigenvalue weighted by Gasteiger charge is -2.16. The minimum absolute atomic E-state index is 0.226. The Morgan fingerprint density at radius 3 is 2.55 bits per heavy atom. The first kappa shape index (κ1) is 20.5. The normalized spacial score (nSPS) is 11.9. The number of nitrogens with one attached hydrogen (secondary N) is 2. The van der Waals surface area contributed by atoms with E-state index in [1.165, 1.54) is 12.1 Å². The lowest BCUT2D eigenvalue weighted by atomic mass is 10.1. The third kappa shape index (κ3) is 4.99. The van der Waals surface area contributed by atoms with Crippen molar-refractivity contribution in [2.24, 2.45) is 0 Å². The Kier molecular flexibility index (Phi) is 6.26. The maximum absolute atomic E-state index is 13.9. The predicted molar refractivity (Wildman–Crippen MR) is 107 cm³/mol. The molecule has 1 heterocycles. The van der Waals surface area contributed by atoms with Crippen LogP contribution in [0, 0.1) is 25.5 Å². The van der Waals surface area contributed by atoms with Crippen LogP contribution in [0.4, 0.5) is 13.6 Å². The number of aryl methyl sites for hydroxylation is 1. The van der Waals surface area contributed by atoms with Gasteiger partial charge in [0.25, 0.3) is 0 Å². The van der Waals surface area contributed by atoms with Crippen molar-refractivity contribution in [3.8, 4) is 0 Å². The second-order valence-corrected chi connectivity index (χ2v) is 7.01. The molecule has 1 atom stereocenters. The minimum Gasteiger partial charge on any atom is -0.334 e. The molecular formula is C22H24F2N4O. The molecule has 0 spiro atoms. The summed E-state index contributed by atoms with van der Waals surface area (Å²) in [7, 11) is 0. The molecule has 2 N–H and O–H groups in total. The summed E-state index contributed by atoms with van der Waals surface area (Å²) >= 11 is 0. The first-order valence-corrected chi connectivity index (χ1v) is 9.41. The van der Waals surface area contributed by atoms with Crippen LogP contribution in [0.25, 0.3) is 0 Å². The molecule has 1 aromatic heterocycles. The summed E-state index contributed by atoms with van der Waals surface area (Å²) in [6, 6.07) is 12.3. The van der Waals surface area contributed by atoms with Crippen molar-refractivity contribution in [3.05, 3.63) is 88.2 Å². The summed E-state index contributed by atoms with van der Waals surface area (Å²) in [5.74, 6) is -1.34. The van der Waals surface area contributed by atoms with Crippen LogP contribution in [-0.4, -0.2) is 15.8 Å². The van der Waals surface area contributed by atoms with Crippen molar-refractivity contribution in [1.29, 1.82) is 0 Å². The van der Waals surface area contributed by atoms with Gasteiger partial charge in [-0.1, -0.05) is 36.4 Å². The van der Waals surface area contributed by atoms with Gasteiger partial charge in [0, 0.05) is 29.4 Å². The van der Waals surface area contributed by atoms with Crippen LogP contribution in [-0.2, 0) is 13.1 Å². The zero-order chi connectivity index (χ0) is 21.0. The Morgan fingerprint density at radius 2 is 1.86 bits per heavy atom. The van der Waals surface area contributed by atoms with E-state index >= 15 is 0 Å². The molecule has 29 heavy (non-hydrogen) atoms. The van der Waals surface area contributed by atoms with Gasteiger partial charge < -0.3 is 10.6 Å². The molecule has 0 bridgehead atoms. The van der Waals surface area contributed by atoms with Gasteiger partial charge in [0.05, 0.1) is 18.3 Å². The maximum Gasteiger partial charge on any atom is 0.315 e. The van der Waals surface area contributed by atoms with Crippen LogP contribution < -0.4 is 10.6 Å². The molecule has 0 fully saturated rings. The van der Waals surface area contributed by atoms with Gasteiger partial charge >= 0.3 is 6.03 Å². The lowest BCUT2D eigenvalue weighted by molar-refractivity contribution is 0.237. The molecule has 152 valence electrons. The number of carbonyl (C=O) groups is 1. The smallest absolute Gasteiger partial charge is 0.315 e. The van der Waals surface area contributed by atoms with Crippen molar-refractivity contribution in [3.63, 3.8) is 0 Å². The van der Waals surface area contributed by atoms with Crippen LogP contribution >= 0.6 is 0 Å². The van der Waals surface area contributed by atoms with E-state index in [2.05, 4.69) is 15.7 Å². The van der Waals surface area contributed by atoms with Gasteiger partial charge in [-0.3, -0.25) is 4.68 Å². The van der Waals surface area contributed by atoms with Gasteiger partial charge in [-0.2, -0.15) is 5.10 Å². The molecule has 0 unspecified atom stereocenters. The minimum atomic E-state index is -0.688. The Bertz CT molecular complexity index is 1000. The number of rotatable bonds is 6. The molecule has 2 aromatic carbocycles. The molecule has 5 nitrogen and oxygen atoms in total. The second kappa shape index (κ2) is 8.86. The van der Waals surface area contributed by atoms with E-state index in [0.717, 1.165) is 28.6 Å². The molecule has 0 saturated heterocycles. The van der Waals surface area contributed by atoms with E-state index in [4.69, 9.17) is 0 Å². The Balaban J connectivity index is 1.61. The fraction of sp³-hybridized carbons (Fsp3) is 0.273. The number of benzene rings is 2. The molecule has 0 aliphatic heterocycles. The average molecular weight is 398 g/mol. The number of halogens is 2. The number of aromatic nitrogens is 2. The van der Waals surface area contributed by atoms with Crippen LogP contribution in [0.2, 0.25) is 0 Å². The highest BCUT2D eigenvalue weighted by molar-refractivity contribution is 5.74.